The molecule has 0 atom stereocenters. The first kappa shape index (κ1) is 19.0. The Balaban J connectivity index is 1.53. The third-order valence-corrected chi connectivity index (χ3v) is 5.06. The lowest BCUT2D eigenvalue weighted by molar-refractivity contribution is 0.0996. The van der Waals surface area contributed by atoms with Crippen molar-refractivity contribution in [1.82, 2.24) is 20.0 Å². The highest BCUT2D eigenvalue weighted by Crippen LogP contribution is 2.38. The predicted octanol–water partition coefficient (Wildman–Crippen LogP) is 4.37. The Morgan fingerprint density at radius 3 is 2.68 bits per heavy atom. The largest absolute Gasteiger partial charge is 0.415 e. The maximum atomic E-state index is 14.7. The minimum absolute atomic E-state index is 0.105. The van der Waals surface area contributed by atoms with Crippen molar-refractivity contribution in [2.45, 2.75) is 13.0 Å². The molecule has 156 valence electrons. The van der Waals surface area contributed by atoms with Gasteiger partial charge in [-0.15, -0.1) is 10.2 Å². The highest BCUT2D eigenvalue weighted by atomic mass is 19.3. The summed E-state index contributed by atoms with van der Waals surface area (Å²) in [5.74, 6) is -1.71. The van der Waals surface area contributed by atoms with Gasteiger partial charge in [0.15, 0.2) is 0 Å². The molecule has 0 saturated heterocycles. The average molecular weight is 425 g/mol. The van der Waals surface area contributed by atoms with E-state index in [-0.39, 0.29) is 23.9 Å². The van der Waals surface area contributed by atoms with E-state index >= 15 is 0 Å². The minimum Gasteiger partial charge on any atom is -0.415 e. The zero-order chi connectivity index (χ0) is 21.7. The van der Waals surface area contributed by atoms with Crippen LogP contribution in [0.3, 0.4) is 0 Å². The van der Waals surface area contributed by atoms with Crippen LogP contribution in [0.2, 0.25) is 0 Å². The van der Waals surface area contributed by atoms with Crippen molar-refractivity contribution in [2.75, 3.05) is 4.90 Å². The van der Waals surface area contributed by atoms with Crippen molar-refractivity contribution in [1.29, 1.82) is 0 Å². The van der Waals surface area contributed by atoms with Gasteiger partial charge in [-0.1, -0.05) is 12.1 Å². The number of rotatable bonds is 4. The maximum Gasteiger partial charge on any atom is 0.314 e. The molecular weight excluding hydrogens is 411 g/mol. The number of aromatic nitrogens is 4. The van der Waals surface area contributed by atoms with Crippen LogP contribution in [0.25, 0.3) is 22.6 Å². The molecule has 2 aromatic carbocycles. The van der Waals surface area contributed by atoms with Gasteiger partial charge in [0.25, 0.3) is 11.8 Å². The highest BCUT2D eigenvalue weighted by Gasteiger charge is 2.32. The average Bonchev–Trinajstić information content (AvgIpc) is 3.47. The lowest BCUT2D eigenvalue weighted by atomic mass is 10.1. The Morgan fingerprint density at radius 1 is 1.13 bits per heavy atom. The number of halogens is 3. The van der Waals surface area contributed by atoms with Crippen molar-refractivity contribution < 1.29 is 22.4 Å². The van der Waals surface area contributed by atoms with Crippen LogP contribution in [-0.2, 0) is 13.6 Å². The van der Waals surface area contributed by atoms with E-state index in [1.807, 2.05) is 0 Å². The molecule has 4 aromatic rings. The van der Waals surface area contributed by atoms with Gasteiger partial charge in [-0.05, 0) is 29.8 Å². The molecule has 7 nitrogen and oxygen atoms in total. The number of aryl methyl sites for hydroxylation is 1. The third-order valence-electron chi connectivity index (χ3n) is 5.06. The summed E-state index contributed by atoms with van der Waals surface area (Å²) in [5.41, 5.74) is 2.65. The van der Waals surface area contributed by atoms with Gasteiger partial charge in [-0.25, -0.2) is 4.39 Å². The SMILES string of the molecule is Cn1cc(-c2c(F)cccc2N2Cc3ccc(-c4nnc(C(F)F)o4)cc3C2=O)cn1. The number of fused-ring (bicyclic) bond motifs is 1. The van der Waals surface area contributed by atoms with E-state index in [4.69, 9.17) is 4.42 Å². The second kappa shape index (κ2) is 7.08. The first-order valence-corrected chi connectivity index (χ1v) is 9.26. The topological polar surface area (TPSA) is 77.0 Å². The first-order chi connectivity index (χ1) is 14.9. The molecule has 5 rings (SSSR count). The van der Waals surface area contributed by atoms with Crippen molar-refractivity contribution in [2.24, 2.45) is 7.05 Å². The molecule has 0 unspecified atom stereocenters. The van der Waals surface area contributed by atoms with Gasteiger partial charge < -0.3 is 9.32 Å². The molecule has 0 bridgehead atoms. The van der Waals surface area contributed by atoms with E-state index < -0.39 is 18.1 Å². The molecule has 1 aliphatic heterocycles. The summed E-state index contributed by atoms with van der Waals surface area (Å²) in [7, 11) is 1.72. The zero-order valence-electron chi connectivity index (χ0n) is 16.1. The van der Waals surface area contributed by atoms with Gasteiger partial charge >= 0.3 is 6.43 Å². The molecular formula is C21H14F3N5O2. The van der Waals surface area contributed by atoms with Crippen LogP contribution < -0.4 is 4.90 Å². The number of carbonyl (C=O) groups excluding carboxylic acids is 1. The predicted molar refractivity (Wildman–Crippen MR) is 104 cm³/mol. The molecule has 0 fully saturated rings. The van der Waals surface area contributed by atoms with Crippen LogP contribution in [0.15, 0.2) is 53.2 Å². The van der Waals surface area contributed by atoms with Gasteiger partial charge in [-0.2, -0.15) is 13.9 Å². The lowest BCUT2D eigenvalue weighted by Gasteiger charge is -2.19. The van der Waals surface area contributed by atoms with Crippen molar-refractivity contribution in [3.63, 3.8) is 0 Å². The number of hydrogen-bond donors (Lipinski definition) is 0. The van der Waals surface area contributed by atoms with Crippen LogP contribution in [0.1, 0.15) is 28.2 Å². The van der Waals surface area contributed by atoms with Gasteiger partial charge in [0.05, 0.1) is 18.4 Å². The molecule has 2 aromatic heterocycles. The van der Waals surface area contributed by atoms with Crippen LogP contribution in [0.5, 0.6) is 0 Å². The lowest BCUT2D eigenvalue weighted by Crippen LogP contribution is -2.24. The van der Waals surface area contributed by atoms with Gasteiger partial charge in [0, 0.05) is 35.5 Å². The van der Waals surface area contributed by atoms with Gasteiger partial charge in [0.1, 0.15) is 5.82 Å². The molecule has 1 aliphatic rings. The van der Waals surface area contributed by atoms with E-state index in [1.54, 1.807) is 36.1 Å². The quantitative estimate of drug-likeness (QED) is 0.485. The molecule has 3 heterocycles. The summed E-state index contributed by atoms with van der Waals surface area (Å²) in [5, 5.41) is 11.0. The summed E-state index contributed by atoms with van der Waals surface area (Å²) in [6.07, 6.45) is 0.319. The van der Waals surface area contributed by atoms with E-state index in [0.717, 1.165) is 0 Å². The summed E-state index contributed by atoms with van der Waals surface area (Å²) >= 11 is 0. The van der Waals surface area contributed by atoms with Gasteiger partial charge in [0.2, 0.25) is 5.89 Å². The van der Waals surface area contributed by atoms with E-state index in [0.29, 0.717) is 27.9 Å². The molecule has 1 amide bonds. The van der Waals surface area contributed by atoms with Crippen molar-refractivity contribution in [3.05, 3.63) is 71.6 Å². The molecule has 0 aliphatic carbocycles. The van der Waals surface area contributed by atoms with Crippen LogP contribution in [-0.4, -0.2) is 25.9 Å². The second-order valence-electron chi connectivity index (χ2n) is 7.05. The monoisotopic (exact) mass is 425 g/mol. The number of anilines is 1. The number of carbonyl (C=O) groups is 1. The fourth-order valence-electron chi connectivity index (χ4n) is 3.64. The first-order valence-electron chi connectivity index (χ1n) is 9.26. The molecule has 0 spiro atoms. The fourth-order valence-corrected chi connectivity index (χ4v) is 3.64. The zero-order valence-corrected chi connectivity index (χ0v) is 16.1. The number of benzene rings is 2. The maximum absolute atomic E-state index is 14.7. The van der Waals surface area contributed by atoms with E-state index in [1.165, 1.54) is 29.3 Å². The number of hydrogen-bond acceptors (Lipinski definition) is 5. The van der Waals surface area contributed by atoms with Crippen LogP contribution in [0, 0.1) is 5.82 Å². The molecule has 0 saturated carbocycles. The highest BCUT2D eigenvalue weighted by molar-refractivity contribution is 6.12. The molecule has 0 radical (unpaired) electrons. The number of nitrogens with zero attached hydrogens (tertiary/aromatic N) is 5. The molecule has 0 N–H and O–H groups in total. The fraction of sp³-hybridized carbons (Fsp3) is 0.143. The van der Waals surface area contributed by atoms with Gasteiger partial charge in [-0.3, -0.25) is 9.48 Å². The summed E-state index contributed by atoms with van der Waals surface area (Å²) in [4.78, 5) is 14.7. The number of amides is 1. The van der Waals surface area contributed by atoms with Crippen LogP contribution >= 0.6 is 0 Å². The summed E-state index contributed by atoms with van der Waals surface area (Å²) in [6.45, 7) is 0.233. The molecule has 10 heteroatoms. The Bertz CT molecular complexity index is 1310. The number of alkyl halides is 2. The van der Waals surface area contributed by atoms with E-state index in [2.05, 4.69) is 15.3 Å². The Morgan fingerprint density at radius 2 is 1.97 bits per heavy atom. The summed E-state index contributed by atoms with van der Waals surface area (Å²) < 4.78 is 46.7. The molecule has 31 heavy (non-hydrogen) atoms. The smallest absolute Gasteiger partial charge is 0.314 e. The van der Waals surface area contributed by atoms with Crippen molar-refractivity contribution in [3.8, 4) is 22.6 Å². The summed E-state index contributed by atoms with van der Waals surface area (Å²) in [6, 6.07) is 9.36. The van der Waals surface area contributed by atoms with E-state index in [9.17, 15) is 18.0 Å². The van der Waals surface area contributed by atoms with Crippen LogP contribution in [0.4, 0.5) is 18.9 Å². The van der Waals surface area contributed by atoms with Crippen molar-refractivity contribution >= 4 is 11.6 Å². The third kappa shape index (κ3) is 3.16. The second-order valence-corrected chi connectivity index (χ2v) is 7.05. The minimum atomic E-state index is -2.88. The Kier molecular flexibility index (Phi) is 4.35. The Labute approximate surface area is 173 Å². The Hall–Kier alpha value is -3.95. The normalized spacial score (nSPS) is 13.3. The standard InChI is InChI=1S/C21H14F3N5O2/c1-28-9-13(8-25-28)17-15(22)3-2-4-16(17)29-10-12-6-5-11(7-14(12)21(29)30)19-26-27-20(31-19)18(23)24/h2-9,18H,10H2,1H3.